The Morgan fingerprint density at radius 3 is 2.40 bits per heavy atom. The van der Waals surface area contributed by atoms with E-state index in [1.165, 1.54) is 11.1 Å². The largest absolute Gasteiger partial charge is 0.465 e. The van der Waals surface area contributed by atoms with Crippen molar-refractivity contribution in [2.45, 2.75) is 39.4 Å². The van der Waals surface area contributed by atoms with Crippen molar-refractivity contribution < 1.29 is 4.42 Å². The molecule has 20 heavy (non-hydrogen) atoms. The van der Waals surface area contributed by atoms with Gasteiger partial charge in [0.25, 0.3) is 0 Å². The summed E-state index contributed by atoms with van der Waals surface area (Å²) < 4.78 is 5.67. The predicted molar refractivity (Wildman–Crippen MR) is 82.5 cm³/mol. The topological polar surface area (TPSA) is 42.4 Å². The number of likely N-dealkylation sites (N-methyl/N-ethyl adjacent to an activating group) is 1. The van der Waals surface area contributed by atoms with Crippen molar-refractivity contribution in [1.82, 2.24) is 4.90 Å². The molecule has 2 unspecified atom stereocenters. The van der Waals surface area contributed by atoms with Gasteiger partial charge in [0, 0.05) is 6.04 Å². The fourth-order valence-electron chi connectivity index (χ4n) is 2.75. The maximum absolute atomic E-state index is 6.23. The zero-order valence-corrected chi connectivity index (χ0v) is 12.8. The molecule has 0 spiro atoms. The summed E-state index contributed by atoms with van der Waals surface area (Å²) in [5.41, 5.74) is 8.79. The molecule has 3 heteroatoms. The zero-order chi connectivity index (χ0) is 14.7. The van der Waals surface area contributed by atoms with Crippen molar-refractivity contribution in [3.63, 3.8) is 0 Å². The SMILES string of the molecule is Cc1ccc(CN(C)C(c2ccccc2C)C(C)N)o1. The maximum Gasteiger partial charge on any atom is 0.118 e. The molecule has 1 aromatic carbocycles. The first-order chi connectivity index (χ1) is 9.49. The van der Waals surface area contributed by atoms with Crippen LogP contribution in [0.3, 0.4) is 0 Å². The summed E-state index contributed by atoms with van der Waals surface area (Å²) in [6, 6.07) is 12.7. The number of aryl methyl sites for hydroxylation is 2. The van der Waals surface area contributed by atoms with Crippen LogP contribution in [0.2, 0.25) is 0 Å². The van der Waals surface area contributed by atoms with Crippen LogP contribution in [0, 0.1) is 13.8 Å². The summed E-state index contributed by atoms with van der Waals surface area (Å²) in [5.74, 6) is 1.92. The molecular formula is C17H24N2O. The van der Waals surface area contributed by atoms with Gasteiger partial charge in [-0.1, -0.05) is 24.3 Å². The average Bonchev–Trinajstić information content (AvgIpc) is 2.77. The number of hydrogen-bond acceptors (Lipinski definition) is 3. The third-order valence-electron chi connectivity index (χ3n) is 3.68. The van der Waals surface area contributed by atoms with Crippen molar-refractivity contribution >= 4 is 0 Å². The van der Waals surface area contributed by atoms with E-state index in [9.17, 15) is 0 Å². The predicted octanol–water partition coefficient (Wildman–Crippen LogP) is 3.42. The number of furan rings is 1. The van der Waals surface area contributed by atoms with E-state index in [-0.39, 0.29) is 12.1 Å². The standard InChI is InChI=1S/C17H24N2O/c1-12-7-5-6-8-16(12)17(14(3)18)19(4)11-15-10-9-13(2)20-15/h5-10,14,17H,11,18H2,1-4H3. The van der Waals surface area contributed by atoms with Crippen LogP contribution in [0.15, 0.2) is 40.8 Å². The summed E-state index contributed by atoms with van der Waals surface area (Å²) >= 11 is 0. The number of hydrogen-bond donors (Lipinski definition) is 1. The molecule has 2 N–H and O–H groups in total. The van der Waals surface area contributed by atoms with Crippen molar-refractivity contribution in [3.05, 3.63) is 59.0 Å². The Morgan fingerprint density at radius 2 is 1.85 bits per heavy atom. The molecule has 108 valence electrons. The quantitative estimate of drug-likeness (QED) is 0.907. The summed E-state index contributed by atoms with van der Waals surface area (Å²) in [6.45, 7) is 6.92. The lowest BCUT2D eigenvalue weighted by Gasteiger charge is -2.32. The van der Waals surface area contributed by atoms with Gasteiger partial charge >= 0.3 is 0 Å². The third-order valence-corrected chi connectivity index (χ3v) is 3.68. The first-order valence-electron chi connectivity index (χ1n) is 7.05. The molecule has 2 atom stereocenters. The second kappa shape index (κ2) is 6.25. The van der Waals surface area contributed by atoms with E-state index in [1.54, 1.807) is 0 Å². The average molecular weight is 272 g/mol. The minimum absolute atomic E-state index is 0.0529. The lowest BCUT2D eigenvalue weighted by Crippen LogP contribution is -2.37. The van der Waals surface area contributed by atoms with Crippen LogP contribution < -0.4 is 5.73 Å². The third kappa shape index (κ3) is 3.30. The minimum atomic E-state index is 0.0529. The molecule has 3 nitrogen and oxygen atoms in total. The molecule has 0 amide bonds. The number of nitrogens with two attached hydrogens (primary N) is 1. The van der Waals surface area contributed by atoms with Crippen molar-refractivity contribution in [2.24, 2.45) is 5.73 Å². The Balaban J connectivity index is 2.22. The first kappa shape index (κ1) is 14.8. The van der Waals surface area contributed by atoms with Gasteiger partial charge in [-0.15, -0.1) is 0 Å². The van der Waals surface area contributed by atoms with E-state index in [0.717, 1.165) is 18.1 Å². The van der Waals surface area contributed by atoms with Gasteiger partial charge < -0.3 is 10.2 Å². The fraction of sp³-hybridized carbons (Fsp3) is 0.412. The van der Waals surface area contributed by atoms with Crippen molar-refractivity contribution in [1.29, 1.82) is 0 Å². The van der Waals surface area contributed by atoms with E-state index < -0.39 is 0 Å². The van der Waals surface area contributed by atoms with Gasteiger partial charge in [0.1, 0.15) is 11.5 Å². The van der Waals surface area contributed by atoms with Gasteiger partial charge in [-0.2, -0.15) is 0 Å². The maximum atomic E-state index is 6.23. The molecule has 0 saturated carbocycles. The van der Waals surface area contributed by atoms with E-state index >= 15 is 0 Å². The van der Waals surface area contributed by atoms with Gasteiger partial charge in [-0.05, 0) is 51.1 Å². The Bertz CT molecular complexity index is 560. The smallest absolute Gasteiger partial charge is 0.118 e. The zero-order valence-electron chi connectivity index (χ0n) is 12.8. The molecule has 0 fully saturated rings. The van der Waals surface area contributed by atoms with E-state index in [0.29, 0.717) is 0 Å². The van der Waals surface area contributed by atoms with Gasteiger partial charge in [0.2, 0.25) is 0 Å². The molecule has 0 aliphatic heterocycles. The second-order valence-electron chi connectivity index (χ2n) is 5.59. The van der Waals surface area contributed by atoms with Crippen LogP contribution in [-0.4, -0.2) is 18.0 Å². The van der Waals surface area contributed by atoms with Gasteiger partial charge in [-0.3, -0.25) is 4.90 Å². The van der Waals surface area contributed by atoms with Crippen LogP contribution >= 0.6 is 0 Å². The Kier molecular flexibility index (Phi) is 4.63. The van der Waals surface area contributed by atoms with Crippen molar-refractivity contribution in [3.8, 4) is 0 Å². The van der Waals surface area contributed by atoms with E-state index in [4.69, 9.17) is 10.2 Å². The number of rotatable bonds is 5. The summed E-state index contributed by atoms with van der Waals surface area (Å²) in [5, 5.41) is 0. The monoisotopic (exact) mass is 272 g/mol. The molecule has 1 aromatic heterocycles. The Morgan fingerprint density at radius 1 is 1.15 bits per heavy atom. The van der Waals surface area contributed by atoms with Gasteiger partial charge in [0.05, 0.1) is 12.6 Å². The normalized spacial score (nSPS) is 14.5. The van der Waals surface area contributed by atoms with E-state index in [2.05, 4.69) is 50.1 Å². The molecule has 0 aliphatic rings. The van der Waals surface area contributed by atoms with Crippen molar-refractivity contribution in [2.75, 3.05) is 7.05 Å². The van der Waals surface area contributed by atoms with Crippen LogP contribution in [0.4, 0.5) is 0 Å². The van der Waals surface area contributed by atoms with E-state index in [1.807, 2.05) is 19.1 Å². The molecule has 0 radical (unpaired) electrons. The highest BCUT2D eigenvalue weighted by molar-refractivity contribution is 5.29. The van der Waals surface area contributed by atoms with Gasteiger partial charge in [0.15, 0.2) is 0 Å². The fourth-order valence-corrected chi connectivity index (χ4v) is 2.75. The molecular weight excluding hydrogens is 248 g/mol. The first-order valence-corrected chi connectivity index (χ1v) is 7.05. The summed E-state index contributed by atoms with van der Waals surface area (Å²) in [7, 11) is 2.10. The second-order valence-corrected chi connectivity index (χ2v) is 5.59. The van der Waals surface area contributed by atoms with Crippen LogP contribution in [0.5, 0.6) is 0 Å². The van der Waals surface area contributed by atoms with Gasteiger partial charge in [-0.25, -0.2) is 0 Å². The summed E-state index contributed by atoms with van der Waals surface area (Å²) in [6.07, 6.45) is 0. The lowest BCUT2D eigenvalue weighted by molar-refractivity contribution is 0.194. The number of benzene rings is 1. The lowest BCUT2D eigenvalue weighted by atomic mass is 9.95. The molecule has 0 bridgehead atoms. The molecule has 2 aromatic rings. The van der Waals surface area contributed by atoms with Crippen LogP contribution in [-0.2, 0) is 6.54 Å². The molecule has 0 aliphatic carbocycles. The molecule has 1 heterocycles. The summed E-state index contributed by atoms with van der Waals surface area (Å²) in [4.78, 5) is 2.26. The van der Waals surface area contributed by atoms with Crippen LogP contribution in [0.1, 0.15) is 35.6 Å². The Labute approximate surface area is 121 Å². The molecule has 2 rings (SSSR count). The van der Waals surface area contributed by atoms with Crippen LogP contribution in [0.25, 0.3) is 0 Å². The molecule has 0 saturated heterocycles. The number of nitrogens with zero attached hydrogens (tertiary/aromatic N) is 1. The highest BCUT2D eigenvalue weighted by Gasteiger charge is 2.23. The highest BCUT2D eigenvalue weighted by atomic mass is 16.3. The minimum Gasteiger partial charge on any atom is -0.465 e. The Hall–Kier alpha value is -1.58. The highest BCUT2D eigenvalue weighted by Crippen LogP contribution is 2.26.